The van der Waals surface area contributed by atoms with Gasteiger partial charge in [0.15, 0.2) is 0 Å². The average Bonchev–Trinajstić information content (AvgIpc) is 2.77. The van der Waals surface area contributed by atoms with Gasteiger partial charge in [-0.15, -0.1) is 0 Å². The molecule has 1 saturated heterocycles. The number of unbranched alkanes of at least 4 members (excludes halogenated alkanes) is 2. The highest BCUT2D eigenvalue weighted by molar-refractivity contribution is 5.94. The Labute approximate surface area is 174 Å². The summed E-state index contributed by atoms with van der Waals surface area (Å²) in [6, 6.07) is 15.8. The summed E-state index contributed by atoms with van der Waals surface area (Å²) in [5.41, 5.74) is 3.12. The van der Waals surface area contributed by atoms with E-state index in [4.69, 9.17) is 9.47 Å². The van der Waals surface area contributed by atoms with Crippen LogP contribution in [-0.4, -0.2) is 38.8 Å². The van der Waals surface area contributed by atoms with Crippen molar-refractivity contribution in [3.63, 3.8) is 0 Å². The molecule has 0 saturated carbocycles. The van der Waals surface area contributed by atoms with Gasteiger partial charge in [0.2, 0.25) is 0 Å². The summed E-state index contributed by atoms with van der Waals surface area (Å²) in [5.74, 6) is 0.757. The summed E-state index contributed by atoms with van der Waals surface area (Å²) in [6.45, 7) is 8.13. The largest absolute Gasteiger partial charge is 0.494 e. The molecule has 0 bridgehead atoms. The van der Waals surface area contributed by atoms with Gasteiger partial charge in [-0.25, -0.2) is 0 Å². The Hall–Kier alpha value is -2.37. The molecule has 0 spiro atoms. The lowest BCUT2D eigenvalue weighted by atomic mass is 10.1. The van der Waals surface area contributed by atoms with Crippen molar-refractivity contribution in [2.75, 3.05) is 32.9 Å². The molecule has 1 amide bonds. The van der Waals surface area contributed by atoms with Crippen LogP contribution in [0.3, 0.4) is 0 Å². The molecule has 0 unspecified atom stereocenters. The van der Waals surface area contributed by atoms with Gasteiger partial charge in [-0.1, -0.05) is 44.0 Å². The van der Waals surface area contributed by atoms with E-state index in [1.165, 1.54) is 28.9 Å². The van der Waals surface area contributed by atoms with Crippen LogP contribution < -0.4 is 15.0 Å². The molecular formula is C24H33N2O3+. The van der Waals surface area contributed by atoms with E-state index in [1.54, 1.807) is 0 Å². The van der Waals surface area contributed by atoms with Crippen LogP contribution in [0.4, 0.5) is 0 Å². The van der Waals surface area contributed by atoms with Crippen molar-refractivity contribution in [3.8, 4) is 5.75 Å². The first-order valence-electron chi connectivity index (χ1n) is 10.8. The zero-order chi connectivity index (χ0) is 20.3. The van der Waals surface area contributed by atoms with Crippen LogP contribution in [0.2, 0.25) is 0 Å². The van der Waals surface area contributed by atoms with E-state index in [0.717, 1.165) is 51.6 Å². The molecule has 2 aromatic rings. The van der Waals surface area contributed by atoms with E-state index in [1.807, 2.05) is 30.3 Å². The van der Waals surface area contributed by atoms with Gasteiger partial charge in [-0.05, 0) is 36.2 Å². The maximum atomic E-state index is 12.6. The van der Waals surface area contributed by atoms with Gasteiger partial charge >= 0.3 is 0 Å². The SMILES string of the molecule is CCCCCOc1ccc(C(=O)NCc2ccccc2C[NH+]2CCOCC2)cc1. The number of nitrogens with one attached hydrogen (secondary N) is 2. The highest BCUT2D eigenvalue weighted by Crippen LogP contribution is 2.14. The van der Waals surface area contributed by atoms with Gasteiger partial charge in [0.25, 0.3) is 5.91 Å². The fourth-order valence-electron chi connectivity index (χ4n) is 3.53. The monoisotopic (exact) mass is 397 g/mol. The van der Waals surface area contributed by atoms with Crippen molar-refractivity contribution in [2.45, 2.75) is 39.3 Å². The van der Waals surface area contributed by atoms with Crippen molar-refractivity contribution >= 4 is 5.91 Å². The van der Waals surface area contributed by atoms with Crippen LogP contribution in [0.15, 0.2) is 48.5 Å². The summed E-state index contributed by atoms with van der Waals surface area (Å²) in [4.78, 5) is 14.1. The zero-order valence-electron chi connectivity index (χ0n) is 17.4. The van der Waals surface area contributed by atoms with E-state index in [2.05, 4.69) is 30.4 Å². The van der Waals surface area contributed by atoms with Gasteiger partial charge in [0, 0.05) is 17.7 Å². The van der Waals surface area contributed by atoms with Gasteiger partial charge in [-0.2, -0.15) is 0 Å². The molecule has 2 N–H and O–H groups in total. The molecular weight excluding hydrogens is 364 g/mol. The lowest BCUT2D eigenvalue weighted by molar-refractivity contribution is -0.921. The Morgan fingerprint density at radius 1 is 1.03 bits per heavy atom. The standard InChI is InChI=1S/C24H32N2O3/c1-2-3-6-15-29-23-11-9-20(10-12-23)24(27)25-18-21-7-4-5-8-22(21)19-26-13-16-28-17-14-26/h4-5,7-12H,2-3,6,13-19H2,1H3,(H,25,27)/p+1. The lowest BCUT2D eigenvalue weighted by Gasteiger charge is -2.24. The molecule has 1 aliphatic rings. The molecule has 1 fully saturated rings. The number of carbonyl (C=O) groups excluding carboxylic acids is 1. The van der Waals surface area contributed by atoms with Crippen LogP contribution in [0.1, 0.15) is 47.7 Å². The van der Waals surface area contributed by atoms with E-state index in [0.29, 0.717) is 12.1 Å². The Morgan fingerprint density at radius 3 is 2.48 bits per heavy atom. The van der Waals surface area contributed by atoms with Crippen LogP contribution in [-0.2, 0) is 17.8 Å². The van der Waals surface area contributed by atoms with E-state index in [9.17, 15) is 4.79 Å². The molecule has 156 valence electrons. The van der Waals surface area contributed by atoms with Crippen molar-refractivity contribution < 1.29 is 19.2 Å². The molecule has 1 heterocycles. The molecule has 1 aliphatic heterocycles. The highest BCUT2D eigenvalue weighted by atomic mass is 16.5. The predicted molar refractivity (Wildman–Crippen MR) is 114 cm³/mol. The summed E-state index contributed by atoms with van der Waals surface area (Å²) >= 11 is 0. The van der Waals surface area contributed by atoms with Crippen molar-refractivity contribution in [3.05, 3.63) is 65.2 Å². The third-order valence-electron chi connectivity index (χ3n) is 5.33. The molecule has 0 aromatic heterocycles. The van der Waals surface area contributed by atoms with Crippen LogP contribution >= 0.6 is 0 Å². The number of hydrogen-bond acceptors (Lipinski definition) is 3. The maximum absolute atomic E-state index is 12.6. The molecule has 0 atom stereocenters. The minimum Gasteiger partial charge on any atom is -0.494 e. The number of amides is 1. The van der Waals surface area contributed by atoms with Crippen LogP contribution in [0.25, 0.3) is 0 Å². The quantitative estimate of drug-likeness (QED) is 0.606. The van der Waals surface area contributed by atoms with Gasteiger partial charge < -0.3 is 19.7 Å². The Kier molecular flexibility index (Phi) is 8.53. The van der Waals surface area contributed by atoms with Crippen molar-refractivity contribution in [2.24, 2.45) is 0 Å². The van der Waals surface area contributed by atoms with E-state index >= 15 is 0 Å². The van der Waals surface area contributed by atoms with Gasteiger partial charge in [0.05, 0.1) is 19.8 Å². The summed E-state index contributed by atoms with van der Waals surface area (Å²) in [5, 5.41) is 3.06. The number of benzene rings is 2. The fraction of sp³-hybridized carbons (Fsp3) is 0.458. The average molecular weight is 398 g/mol. The van der Waals surface area contributed by atoms with Crippen molar-refractivity contribution in [1.29, 1.82) is 0 Å². The normalized spacial score (nSPS) is 14.5. The molecule has 5 nitrogen and oxygen atoms in total. The molecule has 0 aliphatic carbocycles. The van der Waals surface area contributed by atoms with Crippen LogP contribution in [0.5, 0.6) is 5.75 Å². The minimum absolute atomic E-state index is 0.0592. The summed E-state index contributed by atoms with van der Waals surface area (Å²) in [6.07, 6.45) is 3.42. The number of carbonyl (C=O) groups is 1. The predicted octanol–water partition coefficient (Wildman–Crippen LogP) is 2.60. The molecule has 0 radical (unpaired) electrons. The first-order chi connectivity index (χ1) is 14.3. The first-order valence-corrected chi connectivity index (χ1v) is 10.8. The topological polar surface area (TPSA) is 52.0 Å². The zero-order valence-corrected chi connectivity index (χ0v) is 17.4. The van der Waals surface area contributed by atoms with E-state index in [-0.39, 0.29) is 5.91 Å². The molecule has 2 aromatic carbocycles. The van der Waals surface area contributed by atoms with Gasteiger partial charge in [-0.3, -0.25) is 4.79 Å². The smallest absolute Gasteiger partial charge is 0.251 e. The first kappa shape index (κ1) is 21.3. The fourth-order valence-corrected chi connectivity index (χ4v) is 3.53. The second kappa shape index (κ2) is 11.6. The summed E-state index contributed by atoms with van der Waals surface area (Å²) in [7, 11) is 0. The Bertz CT molecular complexity index is 755. The Morgan fingerprint density at radius 2 is 1.76 bits per heavy atom. The lowest BCUT2D eigenvalue weighted by Crippen LogP contribution is -3.12. The minimum atomic E-state index is -0.0592. The number of quaternary nitrogens is 1. The van der Waals surface area contributed by atoms with Crippen LogP contribution in [0, 0.1) is 0 Å². The maximum Gasteiger partial charge on any atom is 0.251 e. The number of ether oxygens (including phenoxy) is 2. The molecule has 5 heteroatoms. The third-order valence-corrected chi connectivity index (χ3v) is 5.33. The number of hydrogen-bond donors (Lipinski definition) is 2. The second-order valence-corrected chi connectivity index (χ2v) is 7.57. The summed E-state index contributed by atoms with van der Waals surface area (Å²) < 4.78 is 11.2. The highest BCUT2D eigenvalue weighted by Gasteiger charge is 2.16. The number of morpholine rings is 1. The van der Waals surface area contributed by atoms with Gasteiger partial charge in [0.1, 0.15) is 25.4 Å². The molecule has 29 heavy (non-hydrogen) atoms. The van der Waals surface area contributed by atoms with Crippen molar-refractivity contribution in [1.82, 2.24) is 5.32 Å². The Balaban J connectivity index is 1.51. The second-order valence-electron chi connectivity index (χ2n) is 7.57. The number of rotatable bonds is 10. The molecule has 3 rings (SSSR count). The van der Waals surface area contributed by atoms with E-state index < -0.39 is 0 Å². The third kappa shape index (κ3) is 6.87.